The molecule has 0 atom stereocenters. The Balaban J connectivity index is 1.42. The van der Waals surface area contributed by atoms with Gasteiger partial charge < -0.3 is 19.7 Å². The fraction of sp³-hybridized carbons (Fsp3) is 0.400. The topological polar surface area (TPSA) is 46.6 Å². The molecule has 1 saturated heterocycles. The molecule has 2 heterocycles. The third-order valence-electron chi connectivity index (χ3n) is 6.53. The number of halogens is 1. The molecule has 2 aliphatic rings. The van der Waals surface area contributed by atoms with E-state index in [0.29, 0.717) is 11.8 Å². The van der Waals surface area contributed by atoms with Crippen LogP contribution in [0.1, 0.15) is 30.5 Å². The highest BCUT2D eigenvalue weighted by Crippen LogP contribution is 2.40. The molecule has 2 aromatic carbocycles. The Morgan fingerprint density at radius 2 is 1.81 bits per heavy atom. The molecule has 0 saturated carbocycles. The maximum atomic E-state index is 13.6. The average Bonchev–Trinajstić information content (AvgIpc) is 3.27. The summed E-state index contributed by atoms with van der Waals surface area (Å²) in [6, 6.07) is 11.3. The maximum absolute atomic E-state index is 13.6. The SMILES string of the molecule is COc1cc2nc3c(c(NC4CCN(c5cccc(F)c5)CC4)c2cc1OC)CCC3. The zero-order chi connectivity index (χ0) is 21.4. The van der Waals surface area contributed by atoms with Crippen molar-refractivity contribution in [1.29, 1.82) is 0 Å². The first kappa shape index (κ1) is 19.9. The number of methoxy groups -OCH3 is 2. The van der Waals surface area contributed by atoms with Crippen LogP contribution in [0.3, 0.4) is 0 Å². The van der Waals surface area contributed by atoms with Gasteiger partial charge >= 0.3 is 0 Å². The molecule has 1 fully saturated rings. The van der Waals surface area contributed by atoms with E-state index in [1.54, 1.807) is 26.4 Å². The maximum Gasteiger partial charge on any atom is 0.162 e. The zero-order valence-electron chi connectivity index (χ0n) is 18.1. The second kappa shape index (κ2) is 8.25. The summed E-state index contributed by atoms with van der Waals surface area (Å²) in [5.74, 6) is 1.24. The Kier molecular flexibility index (Phi) is 5.30. The predicted molar refractivity (Wildman–Crippen MR) is 122 cm³/mol. The standard InChI is InChI=1S/C25H28FN3O2/c1-30-23-14-20-22(15-24(23)31-2)28-21-8-4-7-19(21)25(20)27-17-9-11-29(12-10-17)18-6-3-5-16(26)13-18/h3,5-6,13-15,17H,4,7-12H2,1-2H3,(H,27,28). The first-order valence-electron chi connectivity index (χ1n) is 11.0. The molecule has 6 heteroatoms. The summed E-state index contributed by atoms with van der Waals surface area (Å²) in [7, 11) is 3.32. The highest BCUT2D eigenvalue weighted by Gasteiger charge is 2.25. The Hall–Kier alpha value is -3.02. The van der Waals surface area contributed by atoms with E-state index in [0.717, 1.165) is 67.5 Å². The van der Waals surface area contributed by atoms with Crippen molar-refractivity contribution < 1.29 is 13.9 Å². The minimum atomic E-state index is -0.180. The van der Waals surface area contributed by atoms with Gasteiger partial charge in [0.1, 0.15) is 5.82 Å². The van der Waals surface area contributed by atoms with Gasteiger partial charge in [0.25, 0.3) is 0 Å². The van der Waals surface area contributed by atoms with Gasteiger partial charge in [-0.1, -0.05) is 6.07 Å². The summed E-state index contributed by atoms with van der Waals surface area (Å²) in [6.45, 7) is 1.81. The Morgan fingerprint density at radius 3 is 2.55 bits per heavy atom. The first-order valence-corrected chi connectivity index (χ1v) is 11.0. The summed E-state index contributed by atoms with van der Waals surface area (Å²) in [5.41, 5.74) is 5.64. The Morgan fingerprint density at radius 1 is 1.03 bits per heavy atom. The van der Waals surface area contributed by atoms with Gasteiger partial charge in [-0.3, -0.25) is 4.98 Å². The summed E-state index contributed by atoms with van der Waals surface area (Å²) in [5, 5.41) is 4.95. The molecule has 5 nitrogen and oxygen atoms in total. The van der Waals surface area contributed by atoms with Crippen molar-refractivity contribution in [3.05, 3.63) is 53.5 Å². The smallest absolute Gasteiger partial charge is 0.162 e. The minimum Gasteiger partial charge on any atom is -0.493 e. The normalized spacial score (nSPS) is 16.4. The number of benzene rings is 2. The van der Waals surface area contributed by atoms with Crippen molar-refractivity contribution in [3.8, 4) is 11.5 Å². The molecule has 1 N–H and O–H groups in total. The molecule has 3 aromatic rings. The number of hydrogen-bond donors (Lipinski definition) is 1. The first-order chi connectivity index (χ1) is 15.2. The molecular formula is C25H28FN3O2. The van der Waals surface area contributed by atoms with Crippen LogP contribution < -0.4 is 19.7 Å². The van der Waals surface area contributed by atoms with E-state index in [9.17, 15) is 4.39 Å². The lowest BCUT2D eigenvalue weighted by atomic mass is 10.0. The number of rotatable bonds is 5. The summed E-state index contributed by atoms with van der Waals surface area (Å²) < 4.78 is 24.7. The molecule has 1 aromatic heterocycles. The number of aromatic nitrogens is 1. The summed E-state index contributed by atoms with van der Waals surface area (Å²) >= 11 is 0. The number of pyridine rings is 1. The van der Waals surface area contributed by atoms with Crippen molar-refractivity contribution >= 4 is 22.3 Å². The molecular weight excluding hydrogens is 393 g/mol. The van der Waals surface area contributed by atoms with Crippen molar-refractivity contribution in [1.82, 2.24) is 4.98 Å². The van der Waals surface area contributed by atoms with Crippen molar-refractivity contribution in [2.45, 2.75) is 38.1 Å². The zero-order valence-corrected chi connectivity index (χ0v) is 18.1. The molecule has 0 unspecified atom stereocenters. The van der Waals surface area contributed by atoms with Gasteiger partial charge in [0.05, 0.1) is 19.7 Å². The van der Waals surface area contributed by atoms with Crippen LogP contribution in [0, 0.1) is 5.82 Å². The van der Waals surface area contributed by atoms with Gasteiger partial charge in [-0.05, 0) is 61.9 Å². The quantitative estimate of drug-likeness (QED) is 0.631. The Labute approximate surface area is 182 Å². The number of nitrogens with zero attached hydrogens (tertiary/aromatic N) is 2. The lowest BCUT2D eigenvalue weighted by Gasteiger charge is -2.35. The van der Waals surface area contributed by atoms with Crippen molar-refractivity contribution in [2.24, 2.45) is 0 Å². The largest absolute Gasteiger partial charge is 0.493 e. The van der Waals surface area contributed by atoms with E-state index < -0.39 is 0 Å². The number of piperidine rings is 1. The van der Waals surface area contributed by atoms with Crippen molar-refractivity contribution in [2.75, 3.05) is 37.5 Å². The summed E-state index contributed by atoms with van der Waals surface area (Å²) in [6.07, 6.45) is 5.22. The van der Waals surface area contributed by atoms with E-state index in [-0.39, 0.29) is 5.82 Å². The number of aryl methyl sites for hydroxylation is 1. The Bertz CT molecular complexity index is 1110. The van der Waals surface area contributed by atoms with Crippen LogP contribution in [0.15, 0.2) is 36.4 Å². The van der Waals surface area contributed by atoms with Gasteiger partial charge in [0.2, 0.25) is 0 Å². The number of fused-ring (bicyclic) bond motifs is 2. The molecule has 1 aliphatic heterocycles. The van der Waals surface area contributed by atoms with Crippen LogP contribution in [0.4, 0.5) is 15.8 Å². The van der Waals surface area contributed by atoms with Crippen LogP contribution in [-0.4, -0.2) is 38.3 Å². The second-order valence-corrected chi connectivity index (χ2v) is 8.38. The predicted octanol–water partition coefficient (Wildman–Crippen LogP) is 4.96. The number of hydrogen-bond acceptors (Lipinski definition) is 5. The molecule has 31 heavy (non-hydrogen) atoms. The third kappa shape index (κ3) is 3.75. The molecule has 162 valence electrons. The molecule has 0 radical (unpaired) electrons. The fourth-order valence-corrected chi connectivity index (χ4v) is 4.91. The van der Waals surface area contributed by atoms with E-state index in [4.69, 9.17) is 14.5 Å². The number of ether oxygens (including phenoxy) is 2. The van der Waals surface area contributed by atoms with E-state index in [1.165, 1.54) is 23.0 Å². The van der Waals surface area contributed by atoms with Gasteiger partial charge in [-0.25, -0.2) is 4.39 Å². The highest BCUT2D eigenvalue weighted by molar-refractivity contribution is 5.96. The monoisotopic (exact) mass is 421 g/mol. The van der Waals surface area contributed by atoms with E-state index in [1.807, 2.05) is 18.2 Å². The number of anilines is 2. The van der Waals surface area contributed by atoms with Crippen LogP contribution >= 0.6 is 0 Å². The number of nitrogens with one attached hydrogen (secondary N) is 1. The summed E-state index contributed by atoms with van der Waals surface area (Å²) in [4.78, 5) is 7.20. The fourth-order valence-electron chi connectivity index (χ4n) is 4.91. The minimum absolute atomic E-state index is 0.180. The van der Waals surface area contributed by atoms with Gasteiger partial charge in [-0.15, -0.1) is 0 Å². The van der Waals surface area contributed by atoms with E-state index in [2.05, 4.69) is 10.2 Å². The van der Waals surface area contributed by atoms with Gasteiger partial charge in [0, 0.05) is 47.7 Å². The molecule has 1 aliphatic carbocycles. The molecule has 5 rings (SSSR count). The van der Waals surface area contributed by atoms with Crippen LogP contribution in [0.25, 0.3) is 10.9 Å². The van der Waals surface area contributed by atoms with Gasteiger partial charge in [-0.2, -0.15) is 0 Å². The molecule has 0 amide bonds. The molecule has 0 spiro atoms. The highest BCUT2D eigenvalue weighted by atomic mass is 19.1. The van der Waals surface area contributed by atoms with Crippen LogP contribution in [0.2, 0.25) is 0 Å². The third-order valence-corrected chi connectivity index (χ3v) is 6.53. The lowest BCUT2D eigenvalue weighted by Crippen LogP contribution is -2.39. The second-order valence-electron chi connectivity index (χ2n) is 8.38. The van der Waals surface area contributed by atoms with Crippen LogP contribution in [0.5, 0.6) is 11.5 Å². The average molecular weight is 422 g/mol. The lowest BCUT2D eigenvalue weighted by molar-refractivity contribution is 0.356. The van der Waals surface area contributed by atoms with E-state index >= 15 is 0 Å². The van der Waals surface area contributed by atoms with Crippen molar-refractivity contribution in [3.63, 3.8) is 0 Å². The molecule has 0 bridgehead atoms. The van der Waals surface area contributed by atoms with Crippen LogP contribution in [-0.2, 0) is 12.8 Å². The van der Waals surface area contributed by atoms with Gasteiger partial charge in [0.15, 0.2) is 11.5 Å².